The molecule has 0 radical (unpaired) electrons. The Morgan fingerprint density at radius 2 is 1.72 bits per heavy atom. The van der Waals surface area contributed by atoms with E-state index in [1.54, 1.807) is 0 Å². The van der Waals surface area contributed by atoms with Gasteiger partial charge in [-0.3, -0.25) is 14.6 Å². The maximum absolute atomic E-state index is 13.7. The molecule has 5 nitrogen and oxygen atoms in total. The molecule has 138 valence electrons. The Morgan fingerprint density at radius 1 is 1.12 bits per heavy atom. The highest BCUT2D eigenvalue weighted by Crippen LogP contribution is 2.14. The van der Waals surface area contributed by atoms with Gasteiger partial charge in [-0.05, 0) is 44.0 Å². The van der Waals surface area contributed by atoms with Crippen LogP contribution >= 0.6 is 0 Å². The first-order valence-electron chi connectivity index (χ1n) is 8.64. The number of rotatable bonds is 6. The zero-order valence-corrected chi connectivity index (χ0v) is 15.3. The highest BCUT2D eigenvalue weighted by molar-refractivity contribution is 5.72. The fourth-order valence-electron chi connectivity index (χ4n) is 2.94. The van der Waals surface area contributed by atoms with Gasteiger partial charge in [0, 0.05) is 39.1 Å². The molecule has 2 rings (SSSR count). The molecular formula is C19H27FN2O3. The van der Waals surface area contributed by atoms with E-state index in [-0.39, 0.29) is 18.2 Å². The molecule has 1 aliphatic rings. The minimum absolute atomic E-state index is 0.204. The van der Waals surface area contributed by atoms with Crippen molar-refractivity contribution in [1.82, 2.24) is 9.80 Å². The second kappa shape index (κ2) is 8.54. The van der Waals surface area contributed by atoms with Gasteiger partial charge < -0.3 is 9.53 Å². The van der Waals surface area contributed by atoms with Gasteiger partial charge in [0.25, 0.3) is 0 Å². The number of piperazine rings is 1. The van der Waals surface area contributed by atoms with Crippen molar-refractivity contribution in [3.8, 4) is 0 Å². The summed E-state index contributed by atoms with van der Waals surface area (Å²) in [6.45, 7) is 9.69. The maximum Gasteiger partial charge on any atom is 0.320 e. The Labute approximate surface area is 148 Å². The number of nitrogens with zero attached hydrogens (tertiary/aromatic N) is 2. The normalized spacial score (nSPS) is 16.6. The van der Waals surface area contributed by atoms with Gasteiger partial charge in [-0.15, -0.1) is 0 Å². The van der Waals surface area contributed by atoms with Crippen LogP contribution in [0.25, 0.3) is 0 Å². The Kier molecular flexibility index (Phi) is 6.67. The van der Waals surface area contributed by atoms with E-state index in [1.807, 2.05) is 26.8 Å². The van der Waals surface area contributed by atoms with Crippen LogP contribution < -0.4 is 0 Å². The summed E-state index contributed by atoms with van der Waals surface area (Å²) in [5, 5.41) is 0. The number of ether oxygens (including phenoxy) is 1. The number of carbonyl (C=O) groups excluding carboxylic acids is 2. The van der Waals surface area contributed by atoms with E-state index >= 15 is 0 Å². The van der Waals surface area contributed by atoms with E-state index in [9.17, 15) is 14.0 Å². The van der Waals surface area contributed by atoms with Gasteiger partial charge in [0.15, 0.2) is 0 Å². The number of aldehydes is 1. The van der Waals surface area contributed by atoms with E-state index in [0.717, 1.165) is 38.0 Å². The second-order valence-corrected chi connectivity index (χ2v) is 7.48. The Morgan fingerprint density at radius 3 is 2.32 bits per heavy atom. The zero-order valence-electron chi connectivity index (χ0n) is 15.3. The van der Waals surface area contributed by atoms with E-state index < -0.39 is 5.60 Å². The van der Waals surface area contributed by atoms with Crippen LogP contribution in [0.4, 0.5) is 4.39 Å². The maximum atomic E-state index is 13.7. The summed E-state index contributed by atoms with van der Waals surface area (Å²) in [6, 6.07) is 4.79. The summed E-state index contributed by atoms with van der Waals surface area (Å²) in [5.41, 5.74) is 1.11. The van der Waals surface area contributed by atoms with E-state index in [2.05, 4.69) is 9.80 Å². The van der Waals surface area contributed by atoms with Gasteiger partial charge >= 0.3 is 5.97 Å². The molecule has 1 aliphatic heterocycles. The van der Waals surface area contributed by atoms with Crippen LogP contribution in [-0.4, -0.2) is 60.4 Å². The molecule has 0 aliphatic carbocycles. The minimum atomic E-state index is -0.463. The molecule has 0 N–H and O–H groups in total. The third kappa shape index (κ3) is 6.92. The van der Waals surface area contributed by atoms with Gasteiger partial charge in [-0.1, -0.05) is 6.07 Å². The van der Waals surface area contributed by atoms with Crippen LogP contribution in [0.2, 0.25) is 0 Å². The van der Waals surface area contributed by atoms with Crippen LogP contribution in [-0.2, 0) is 27.3 Å². The molecule has 0 unspecified atom stereocenters. The molecule has 0 atom stereocenters. The largest absolute Gasteiger partial charge is 0.459 e. The second-order valence-electron chi connectivity index (χ2n) is 7.48. The Bertz CT molecular complexity index is 605. The Hall–Kier alpha value is -1.79. The number of esters is 1. The number of hydrogen-bond donors (Lipinski definition) is 0. The molecule has 25 heavy (non-hydrogen) atoms. The molecule has 0 spiro atoms. The number of hydrogen-bond acceptors (Lipinski definition) is 5. The first-order valence-corrected chi connectivity index (χ1v) is 8.64. The molecule has 0 amide bonds. The third-order valence-corrected chi connectivity index (χ3v) is 3.98. The topological polar surface area (TPSA) is 49.9 Å². The highest BCUT2D eigenvalue weighted by Gasteiger charge is 2.22. The van der Waals surface area contributed by atoms with Crippen molar-refractivity contribution >= 4 is 12.3 Å². The third-order valence-electron chi connectivity index (χ3n) is 3.98. The number of benzene rings is 1. The first kappa shape index (κ1) is 19.5. The van der Waals surface area contributed by atoms with Crippen LogP contribution in [0.5, 0.6) is 0 Å². The Balaban J connectivity index is 1.82. The summed E-state index contributed by atoms with van der Waals surface area (Å²) < 4.78 is 19.0. The van der Waals surface area contributed by atoms with Gasteiger partial charge in [0.2, 0.25) is 0 Å². The molecular weight excluding hydrogens is 323 g/mol. The summed E-state index contributed by atoms with van der Waals surface area (Å²) >= 11 is 0. The SMILES string of the molecule is CC(C)(C)OC(=O)CN1CCN(Cc2cc(F)cc(CC=O)c2)CC1. The molecule has 6 heteroatoms. The van der Waals surface area contributed by atoms with Crippen molar-refractivity contribution in [2.24, 2.45) is 0 Å². The van der Waals surface area contributed by atoms with Gasteiger partial charge in [-0.25, -0.2) is 4.39 Å². The fourth-order valence-corrected chi connectivity index (χ4v) is 2.94. The quantitative estimate of drug-likeness (QED) is 0.580. The highest BCUT2D eigenvalue weighted by atomic mass is 19.1. The lowest BCUT2D eigenvalue weighted by molar-refractivity contribution is -0.156. The summed E-state index contributed by atoms with van der Waals surface area (Å²) in [6.07, 6.45) is 1.02. The number of halogens is 1. The molecule has 1 aromatic carbocycles. The van der Waals surface area contributed by atoms with E-state index in [0.29, 0.717) is 18.7 Å². The number of carbonyl (C=O) groups is 2. The summed E-state index contributed by atoms with van der Waals surface area (Å²) in [4.78, 5) is 26.8. The molecule has 1 fully saturated rings. The lowest BCUT2D eigenvalue weighted by atomic mass is 10.1. The smallest absolute Gasteiger partial charge is 0.320 e. The van der Waals surface area contributed by atoms with Crippen molar-refractivity contribution in [2.45, 2.75) is 39.3 Å². The van der Waals surface area contributed by atoms with Crippen molar-refractivity contribution in [3.63, 3.8) is 0 Å². The fraction of sp³-hybridized carbons (Fsp3) is 0.579. The van der Waals surface area contributed by atoms with Crippen LogP contribution in [0.1, 0.15) is 31.9 Å². The molecule has 0 bridgehead atoms. The average molecular weight is 350 g/mol. The monoisotopic (exact) mass is 350 g/mol. The molecule has 1 aromatic rings. The van der Waals surface area contributed by atoms with Crippen molar-refractivity contribution in [1.29, 1.82) is 0 Å². The van der Waals surface area contributed by atoms with Gasteiger partial charge in [0.1, 0.15) is 17.7 Å². The van der Waals surface area contributed by atoms with Crippen LogP contribution in [0, 0.1) is 5.82 Å². The van der Waals surface area contributed by atoms with Gasteiger partial charge in [-0.2, -0.15) is 0 Å². The van der Waals surface area contributed by atoms with Gasteiger partial charge in [0.05, 0.1) is 6.54 Å². The summed E-state index contributed by atoms with van der Waals surface area (Å²) in [5.74, 6) is -0.512. The van der Waals surface area contributed by atoms with Crippen molar-refractivity contribution < 1.29 is 18.7 Å². The standard InChI is InChI=1S/C19H27FN2O3/c1-19(2,3)25-18(24)14-22-7-5-21(6-8-22)13-16-10-15(4-9-23)11-17(20)12-16/h9-12H,4-8,13-14H2,1-3H3. The van der Waals surface area contributed by atoms with Crippen molar-refractivity contribution in [2.75, 3.05) is 32.7 Å². The molecule has 0 aromatic heterocycles. The molecule has 1 saturated heterocycles. The predicted octanol–water partition coefficient (Wildman–Crippen LogP) is 2.03. The lowest BCUT2D eigenvalue weighted by Gasteiger charge is -2.34. The lowest BCUT2D eigenvalue weighted by Crippen LogP contribution is -2.48. The first-order chi connectivity index (χ1) is 11.7. The average Bonchev–Trinajstić information content (AvgIpc) is 2.47. The van der Waals surface area contributed by atoms with Crippen LogP contribution in [0.15, 0.2) is 18.2 Å². The molecule has 1 heterocycles. The summed E-state index contributed by atoms with van der Waals surface area (Å²) in [7, 11) is 0. The van der Waals surface area contributed by atoms with E-state index in [1.165, 1.54) is 12.1 Å². The van der Waals surface area contributed by atoms with Crippen molar-refractivity contribution in [3.05, 3.63) is 35.1 Å². The molecule has 0 saturated carbocycles. The van der Waals surface area contributed by atoms with Crippen LogP contribution in [0.3, 0.4) is 0 Å². The minimum Gasteiger partial charge on any atom is -0.459 e. The predicted molar refractivity (Wildman–Crippen MR) is 93.7 cm³/mol. The zero-order chi connectivity index (χ0) is 18.4. The van der Waals surface area contributed by atoms with E-state index in [4.69, 9.17) is 4.74 Å².